The molecule has 0 unspecified atom stereocenters. The van der Waals surface area contributed by atoms with Crippen molar-refractivity contribution in [1.29, 1.82) is 0 Å². The summed E-state index contributed by atoms with van der Waals surface area (Å²) in [5.41, 5.74) is 2.41. The molecule has 8 heteroatoms. The molecule has 2 aromatic heterocycles. The van der Waals surface area contributed by atoms with E-state index in [9.17, 15) is 9.59 Å². The van der Waals surface area contributed by atoms with Crippen molar-refractivity contribution in [2.75, 3.05) is 0 Å². The molecule has 0 fully saturated rings. The van der Waals surface area contributed by atoms with Gasteiger partial charge in [-0.2, -0.15) is 0 Å². The van der Waals surface area contributed by atoms with Gasteiger partial charge in [-0.3, -0.25) is 14.7 Å². The minimum Gasteiger partial charge on any atom is -0.425 e. The molecule has 0 aliphatic carbocycles. The number of aromatic nitrogens is 3. The molecule has 3 rings (SSSR count). The number of halogens is 2. The predicted molar refractivity (Wildman–Crippen MR) is 93.8 cm³/mol. The molecule has 0 radical (unpaired) electrons. The van der Waals surface area contributed by atoms with Crippen LogP contribution in [0.25, 0.3) is 5.65 Å². The molecule has 0 amide bonds. The van der Waals surface area contributed by atoms with E-state index in [4.69, 9.17) is 16.3 Å². The number of esters is 1. The summed E-state index contributed by atoms with van der Waals surface area (Å²) < 4.78 is 7.54. The lowest BCUT2D eigenvalue weighted by Crippen LogP contribution is -2.16. The van der Waals surface area contributed by atoms with E-state index in [1.807, 2.05) is 6.92 Å². The summed E-state index contributed by atoms with van der Waals surface area (Å²) in [5.74, 6) is -0.0389. The molecule has 0 aliphatic heterocycles. The summed E-state index contributed by atoms with van der Waals surface area (Å²) in [7, 11) is 0. The zero-order chi connectivity index (χ0) is 17.4. The Kier molecular flexibility index (Phi) is 4.47. The third kappa shape index (κ3) is 3.22. The van der Waals surface area contributed by atoms with Crippen LogP contribution < -0.4 is 10.3 Å². The summed E-state index contributed by atoms with van der Waals surface area (Å²) in [6, 6.07) is 6.32. The molecule has 124 valence electrons. The molecule has 0 saturated carbocycles. The molecule has 6 nitrogen and oxygen atoms in total. The molecule has 0 atom stereocenters. The van der Waals surface area contributed by atoms with E-state index in [0.29, 0.717) is 32.1 Å². The highest BCUT2D eigenvalue weighted by molar-refractivity contribution is 9.10. The first kappa shape index (κ1) is 16.7. The Morgan fingerprint density at radius 3 is 2.83 bits per heavy atom. The number of carbonyl (C=O) groups is 1. The summed E-state index contributed by atoms with van der Waals surface area (Å²) in [6.45, 7) is 3.61. The van der Waals surface area contributed by atoms with Crippen LogP contribution in [-0.2, 0) is 11.2 Å². The van der Waals surface area contributed by atoms with Crippen LogP contribution in [0.3, 0.4) is 0 Å². The van der Waals surface area contributed by atoms with E-state index in [-0.39, 0.29) is 12.0 Å². The highest BCUT2D eigenvalue weighted by Crippen LogP contribution is 2.28. The Balaban J connectivity index is 1.89. The molecule has 3 aromatic rings. The Morgan fingerprint density at radius 2 is 2.12 bits per heavy atom. The van der Waals surface area contributed by atoms with Crippen LogP contribution in [0, 0.1) is 13.8 Å². The third-order valence-electron chi connectivity index (χ3n) is 3.64. The zero-order valence-corrected chi connectivity index (χ0v) is 15.2. The first-order valence-electron chi connectivity index (χ1n) is 7.08. The normalized spacial score (nSPS) is 11.0. The number of aryl methyl sites for hydroxylation is 2. The van der Waals surface area contributed by atoms with Gasteiger partial charge in [0.2, 0.25) is 0 Å². The average Bonchev–Trinajstić information content (AvgIpc) is 2.87. The Morgan fingerprint density at radius 1 is 1.38 bits per heavy atom. The van der Waals surface area contributed by atoms with Crippen molar-refractivity contribution in [3.8, 4) is 5.75 Å². The quantitative estimate of drug-likeness (QED) is 0.531. The number of hydrogen-bond acceptors (Lipinski definition) is 4. The van der Waals surface area contributed by atoms with Crippen molar-refractivity contribution >= 4 is 39.1 Å². The summed E-state index contributed by atoms with van der Waals surface area (Å²) in [6.07, 6.45) is 0.0376. The summed E-state index contributed by atoms with van der Waals surface area (Å²) in [5, 5.41) is 3.20. The molecular formula is C16H13BrClN3O3. The smallest absolute Gasteiger partial charge is 0.315 e. The van der Waals surface area contributed by atoms with Crippen LogP contribution in [0.5, 0.6) is 5.75 Å². The van der Waals surface area contributed by atoms with Crippen molar-refractivity contribution < 1.29 is 9.53 Å². The minimum atomic E-state index is -0.431. The van der Waals surface area contributed by atoms with Gasteiger partial charge in [0.15, 0.2) is 5.65 Å². The van der Waals surface area contributed by atoms with E-state index < -0.39 is 5.97 Å². The predicted octanol–water partition coefficient (Wildman–Crippen LogP) is 3.20. The molecule has 0 aliphatic rings. The van der Waals surface area contributed by atoms with Gasteiger partial charge in [-0.15, -0.1) is 0 Å². The van der Waals surface area contributed by atoms with Crippen LogP contribution >= 0.6 is 27.5 Å². The van der Waals surface area contributed by atoms with E-state index >= 15 is 0 Å². The molecule has 0 bridgehead atoms. The second-order valence-corrected chi connectivity index (χ2v) is 6.59. The lowest BCUT2D eigenvalue weighted by Gasteiger charge is -2.11. The standard InChI is InChI=1S/C16H13BrClN3O3/c1-8-11(9(2)21-14(19-8)7-15(22)20-21)6-16(23)24-13-4-3-10(18)5-12(13)17/h3-5,7H,6H2,1-2H3,(H,20,22). The molecule has 0 saturated heterocycles. The maximum absolute atomic E-state index is 12.3. The highest BCUT2D eigenvalue weighted by Gasteiger charge is 2.16. The maximum Gasteiger partial charge on any atom is 0.315 e. The van der Waals surface area contributed by atoms with E-state index in [0.717, 1.165) is 5.69 Å². The molecule has 1 N–H and O–H groups in total. The van der Waals surface area contributed by atoms with Gasteiger partial charge in [0.25, 0.3) is 5.56 Å². The van der Waals surface area contributed by atoms with Gasteiger partial charge < -0.3 is 4.74 Å². The average molecular weight is 411 g/mol. The monoisotopic (exact) mass is 409 g/mol. The van der Waals surface area contributed by atoms with Crippen molar-refractivity contribution in [1.82, 2.24) is 14.6 Å². The second kappa shape index (κ2) is 6.41. The van der Waals surface area contributed by atoms with Crippen molar-refractivity contribution in [2.45, 2.75) is 20.3 Å². The third-order valence-corrected chi connectivity index (χ3v) is 4.50. The van der Waals surface area contributed by atoms with Crippen LogP contribution in [-0.4, -0.2) is 20.6 Å². The van der Waals surface area contributed by atoms with Crippen LogP contribution in [0.1, 0.15) is 17.0 Å². The van der Waals surface area contributed by atoms with E-state index in [1.165, 1.54) is 6.07 Å². The van der Waals surface area contributed by atoms with E-state index in [2.05, 4.69) is 26.0 Å². The van der Waals surface area contributed by atoms with Gasteiger partial charge in [-0.05, 0) is 48.0 Å². The van der Waals surface area contributed by atoms with Gasteiger partial charge in [0, 0.05) is 28.0 Å². The number of nitrogens with one attached hydrogen (secondary N) is 1. The number of ether oxygens (including phenoxy) is 1. The summed E-state index contributed by atoms with van der Waals surface area (Å²) in [4.78, 5) is 28.1. The number of aromatic amines is 1. The van der Waals surface area contributed by atoms with Gasteiger partial charge >= 0.3 is 5.97 Å². The molecule has 1 aromatic carbocycles. The first-order valence-corrected chi connectivity index (χ1v) is 8.26. The largest absolute Gasteiger partial charge is 0.425 e. The molecule has 0 spiro atoms. The number of carbonyl (C=O) groups excluding carboxylic acids is 1. The Hall–Kier alpha value is -2.12. The SMILES string of the molecule is Cc1nc2cc(=O)[nH]n2c(C)c1CC(=O)Oc1ccc(Cl)cc1Br. The fraction of sp³-hybridized carbons (Fsp3) is 0.188. The van der Waals surface area contributed by atoms with Crippen molar-refractivity contribution in [2.24, 2.45) is 0 Å². The first-order chi connectivity index (χ1) is 11.3. The number of H-pyrrole nitrogens is 1. The number of fused-ring (bicyclic) bond motifs is 1. The van der Waals surface area contributed by atoms with Gasteiger partial charge in [0.05, 0.1) is 10.9 Å². The van der Waals surface area contributed by atoms with Crippen molar-refractivity contribution in [3.63, 3.8) is 0 Å². The van der Waals surface area contributed by atoms with Gasteiger partial charge in [-0.25, -0.2) is 9.50 Å². The minimum absolute atomic E-state index is 0.0376. The topological polar surface area (TPSA) is 76.5 Å². The number of rotatable bonds is 3. The molecule has 2 heterocycles. The Bertz CT molecular complexity index is 1010. The van der Waals surface area contributed by atoms with Gasteiger partial charge in [0.1, 0.15) is 5.75 Å². The number of hydrogen-bond donors (Lipinski definition) is 1. The Labute approximate surface area is 150 Å². The number of benzene rings is 1. The highest BCUT2D eigenvalue weighted by atomic mass is 79.9. The number of nitrogens with zero attached hydrogens (tertiary/aromatic N) is 2. The van der Waals surface area contributed by atoms with E-state index in [1.54, 1.807) is 29.6 Å². The van der Waals surface area contributed by atoms with Crippen LogP contribution in [0.15, 0.2) is 33.5 Å². The lowest BCUT2D eigenvalue weighted by atomic mass is 10.1. The molecule has 24 heavy (non-hydrogen) atoms. The maximum atomic E-state index is 12.3. The second-order valence-electron chi connectivity index (χ2n) is 5.30. The van der Waals surface area contributed by atoms with Crippen molar-refractivity contribution in [3.05, 3.63) is 61.1 Å². The van der Waals surface area contributed by atoms with Gasteiger partial charge in [-0.1, -0.05) is 11.6 Å². The fourth-order valence-corrected chi connectivity index (χ4v) is 3.24. The summed E-state index contributed by atoms with van der Waals surface area (Å²) >= 11 is 9.18. The zero-order valence-electron chi connectivity index (χ0n) is 12.9. The fourth-order valence-electron chi connectivity index (χ4n) is 2.47. The molecular weight excluding hydrogens is 398 g/mol. The lowest BCUT2D eigenvalue weighted by molar-refractivity contribution is -0.133. The van der Waals surface area contributed by atoms with Crippen LogP contribution in [0.4, 0.5) is 0 Å². The van der Waals surface area contributed by atoms with Crippen LogP contribution in [0.2, 0.25) is 5.02 Å².